The van der Waals surface area contributed by atoms with Crippen LogP contribution in [-0.4, -0.2) is 21.7 Å². The van der Waals surface area contributed by atoms with Gasteiger partial charge in [-0.05, 0) is 28.0 Å². The molecule has 0 saturated carbocycles. The number of nitrogen functional groups attached to an aromatic ring is 1. The lowest BCUT2D eigenvalue weighted by Gasteiger charge is -2.10. The van der Waals surface area contributed by atoms with Crippen LogP contribution in [0.1, 0.15) is 11.1 Å². The molecule has 3 rings (SSSR count). The third-order valence-corrected chi connectivity index (χ3v) is 3.35. The number of nitrogens with zero attached hydrogens (tertiary/aromatic N) is 3. The molecule has 0 aliphatic rings. The molecular formula is C13H8ClF3N4O2. The molecule has 0 fully saturated rings. The van der Waals surface area contributed by atoms with Gasteiger partial charge in [-0.15, -0.1) is 13.2 Å². The summed E-state index contributed by atoms with van der Waals surface area (Å²) in [4.78, 5) is 4.00. The molecule has 0 spiro atoms. The number of nitrogens with two attached hydrogens (primary N) is 1. The van der Waals surface area contributed by atoms with E-state index in [0.29, 0.717) is 11.1 Å². The van der Waals surface area contributed by atoms with Crippen LogP contribution < -0.4 is 10.5 Å². The van der Waals surface area contributed by atoms with Crippen LogP contribution in [0, 0.1) is 0 Å². The Balaban J connectivity index is 1.87. The van der Waals surface area contributed by atoms with E-state index < -0.39 is 6.36 Å². The van der Waals surface area contributed by atoms with Gasteiger partial charge in [-0.1, -0.05) is 23.7 Å². The van der Waals surface area contributed by atoms with Crippen LogP contribution in [0.5, 0.6) is 5.75 Å². The van der Waals surface area contributed by atoms with E-state index in [1.165, 1.54) is 24.3 Å². The number of aromatic nitrogens is 3. The molecule has 2 aromatic heterocycles. The van der Waals surface area contributed by atoms with Crippen molar-refractivity contribution in [3.05, 3.63) is 40.5 Å². The minimum Gasteiger partial charge on any atom is -0.406 e. The molecular weight excluding hydrogens is 337 g/mol. The van der Waals surface area contributed by atoms with Crippen LogP contribution in [0.25, 0.3) is 11.2 Å². The second-order valence-corrected chi connectivity index (χ2v) is 4.96. The summed E-state index contributed by atoms with van der Waals surface area (Å²) in [5.74, 6) is -0.311. The van der Waals surface area contributed by atoms with E-state index >= 15 is 0 Å². The Kier molecular flexibility index (Phi) is 3.72. The standard InChI is InChI=1S/C13H8ClF3N4O2/c14-11-8(9(18)10-12(19-11)21-23-20-10)5-6-1-3-7(4-2-6)22-13(15,16)17/h1-4H,5,18H2. The van der Waals surface area contributed by atoms with Crippen LogP contribution in [0.3, 0.4) is 0 Å². The van der Waals surface area contributed by atoms with Crippen LogP contribution in [0.4, 0.5) is 18.9 Å². The van der Waals surface area contributed by atoms with Crippen LogP contribution in [0.15, 0.2) is 28.9 Å². The third kappa shape index (κ3) is 3.29. The van der Waals surface area contributed by atoms with Crippen LogP contribution in [0.2, 0.25) is 5.15 Å². The maximum Gasteiger partial charge on any atom is 0.573 e. The quantitative estimate of drug-likeness (QED) is 0.733. The number of halogens is 4. The van der Waals surface area contributed by atoms with E-state index in [1.807, 2.05) is 0 Å². The van der Waals surface area contributed by atoms with E-state index in [-0.39, 0.29) is 34.2 Å². The zero-order valence-electron chi connectivity index (χ0n) is 11.3. The van der Waals surface area contributed by atoms with E-state index in [1.54, 1.807) is 0 Å². The largest absolute Gasteiger partial charge is 0.573 e. The smallest absolute Gasteiger partial charge is 0.406 e. The molecule has 120 valence electrons. The fourth-order valence-electron chi connectivity index (χ4n) is 2.02. The van der Waals surface area contributed by atoms with Gasteiger partial charge in [0.1, 0.15) is 10.9 Å². The first-order valence-electron chi connectivity index (χ1n) is 6.24. The van der Waals surface area contributed by atoms with Gasteiger partial charge >= 0.3 is 6.36 Å². The number of fused-ring (bicyclic) bond motifs is 1. The van der Waals surface area contributed by atoms with Crippen LogP contribution in [-0.2, 0) is 6.42 Å². The van der Waals surface area contributed by atoms with Crippen LogP contribution >= 0.6 is 11.6 Å². The van der Waals surface area contributed by atoms with E-state index in [9.17, 15) is 13.2 Å². The lowest BCUT2D eigenvalue weighted by molar-refractivity contribution is -0.274. The molecule has 0 aliphatic carbocycles. The second-order valence-electron chi connectivity index (χ2n) is 4.60. The summed E-state index contributed by atoms with van der Waals surface area (Å²) in [7, 11) is 0. The summed E-state index contributed by atoms with van der Waals surface area (Å²) in [5, 5.41) is 7.31. The van der Waals surface area contributed by atoms with Gasteiger partial charge in [0.15, 0.2) is 5.52 Å². The lowest BCUT2D eigenvalue weighted by atomic mass is 10.0. The number of pyridine rings is 1. The predicted octanol–water partition coefficient (Wildman–Crippen LogP) is 3.34. The summed E-state index contributed by atoms with van der Waals surface area (Å²) in [6.45, 7) is 0. The summed E-state index contributed by atoms with van der Waals surface area (Å²) < 4.78 is 44.7. The average Bonchev–Trinajstić information content (AvgIpc) is 2.92. The molecule has 2 N–H and O–H groups in total. The molecule has 2 heterocycles. The molecule has 23 heavy (non-hydrogen) atoms. The predicted molar refractivity (Wildman–Crippen MR) is 75.0 cm³/mol. The maximum atomic E-state index is 12.1. The number of ether oxygens (including phenoxy) is 1. The lowest BCUT2D eigenvalue weighted by Crippen LogP contribution is -2.17. The number of alkyl halides is 3. The summed E-state index contributed by atoms with van der Waals surface area (Å²) >= 11 is 6.06. The molecule has 3 aromatic rings. The Bertz CT molecular complexity index is 849. The van der Waals surface area contributed by atoms with Crippen molar-refractivity contribution < 1.29 is 22.5 Å². The fraction of sp³-hybridized carbons (Fsp3) is 0.154. The SMILES string of the molecule is Nc1c(Cc2ccc(OC(F)(F)F)cc2)c(Cl)nc2nonc12. The van der Waals surface area contributed by atoms with Crippen molar-refractivity contribution in [3.8, 4) is 5.75 Å². The highest BCUT2D eigenvalue weighted by atomic mass is 35.5. The minimum atomic E-state index is -4.73. The summed E-state index contributed by atoms with van der Waals surface area (Å²) in [6.07, 6.45) is -4.48. The van der Waals surface area contributed by atoms with Gasteiger partial charge < -0.3 is 10.5 Å². The average molecular weight is 345 g/mol. The number of benzene rings is 1. The minimum absolute atomic E-state index is 0.126. The van der Waals surface area contributed by atoms with Crippen molar-refractivity contribution in [1.82, 2.24) is 15.3 Å². The summed E-state index contributed by atoms with van der Waals surface area (Å²) in [5.41, 5.74) is 7.85. The van der Waals surface area contributed by atoms with E-state index in [0.717, 1.165) is 0 Å². The molecule has 0 bridgehead atoms. The monoisotopic (exact) mass is 344 g/mol. The first-order valence-corrected chi connectivity index (χ1v) is 6.62. The van der Waals surface area contributed by atoms with Crippen molar-refractivity contribution >= 4 is 28.5 Å². The highest BCUT2D eigenvalue weighted by Gasteiger charge is 2.31. The zero-order valence-corrected chi connectivity index (χ0v) is 12.0. The van der Waals surface area contributed by atoms with Crippen molar-refractivity contribution in [2.75, 3.05) is 5.73 Å². The normalized spacial score (nSPS) is 11.8. The Morgan fingerprint density at radius 2 is 1.87 bits per heavy atom. The highest BCUT2D eigenvalue weighted by molar-refractivity contribution is 6.31. The van der Waals surface area contributed by atoms with Gasteiger partial charge in [0.05, 0.1) is 5.69 Å². The van der Waals surface area contributed by atoms with Crippen molar-refractivity contribution in [1.29, 1.82) is 0 Å². The summed E-state index contributed by atoms with van der Waals surface area (Å²) in [6, 6.07) is 5.36. The van der Waals surface area contributed by atoms with Crippen molar-refractivity contribution in [3.63, 3.8) is 0 Å². The molecule has 0 radical (unpaired) electrons. The number of anilines is 1. The van der Waals surface area contributed by atoms with Gasteiger partial charge in [-0.25, -0.2) is 9.61 Å². The van der Waals surface area contributed by atoms with Crippen molar-refractivity contribution in [2.45, 2.75) is 12.8 Å². The maximum absolute atomic E-state index is 12.1. The molecule has 0 aliphatic heterocycles. The highest BCUT2D eigenvalue weighted by Crippen LogP contribution is 2.30. The first-order chi connectivity index (χ1) is 10.8. The molecule has 0 amide bonds. The number of hydrogen-bond donors (Lipinski definition) is 1. The second kappa shape index (κ2) is 5.58. The number of rotatable bonds is 3. The van der Waals surface area contributed by atoms with Gasteiger partial charge in [-0.3, -0.25) is 0 Å². The Morgan fingerprint density at radius 1 is 1.17 bits per heavy atom. The van der Waals surface area contributed by atoms with Gasteiger partial charge in [-0.2, -0.15) is 0 Å². The van der Waals surface area contributed by atoms with E-state index in [4.69, 9.17) is 17.3 Å². The van der Waals surface area contributed by atoms with Gasteiger partial charge in [0, 0.05) is 12.0 Å². The Labute approximate surface area is 132 Å². The molecule has 10 heteroatoms. The fourth-order valence-corrected chi connectivity index (χ4v) is 2.27. The van der Waals surface area contributed by atoms with Crippen molar-refractivity contribution in [2.24, 2.45) is 0 Å². The molecule has 0 atom stereocenters. The molecule has 0 saturated heterocycles. The molecule has 6 nitrogen and oxygen atoms in total. The molecule has 0 unspecified atom stereocenters. The first kappa shape index (κ1) is 15.3. The Morgan fingerprint density at radius 3 is 2.52 bits per heavy atom. The Hall–Kier alpha value is -2.55. The number of hydrogen-bond acceptors (Lipinski definition) is 6. The zero-order chi connectivity index (χ0) is 16.6. The topological polar surface area (TPSA) is 87.1 Å². The third-order valence-electron chi connectivity index (χ3n) is 3.04. The van der Waals surface area contributed by atoms with E-state index in [2.05, 4.69) is 24.7 Å². The van der Waals surface area contributed by atoms with Gasteiger partial charge in [0.2, 0.25) is 5.65 Å². The molecule has 1 aromatic carbocycles. The van der Waals surface area contributed by atoms with Gasteiger partial charge in [0.25, 0.3) is 0 Å².